The number of amides is 1. The molecule has 0 radical (unpaired) electrons. The number of carbonyl (C=O) groups excluding carboxylic acids is 1. The van der Waals surface area contributed by atoms with Crippen molar-refractivity contribution in [3.05, 3.63) is 71.0 Å². The molecule has 144 valence electrons. The highest BCUT2D eigenvalue weighted by Crippen LogP contribution is 2.28. The van der Waals surface area contributed by atoms with E-state index in [0.717, 1.165) is 29.2 Å². The molecule has 0 saturated carbocycles. The van der Waals surface area contributed by atoms with E-state index in [1.54, 1.807) is 0 Å². The number of aromatic amines is 1. The zero-order chi connectivity index (χ0) is 19.5. The average Bonchev–Trinajstić information content (AvgIpc) is 3.28. The molecule has 1 fully saturated rings. The van der Waals surface area contributed by atoms with Crippen LogP contribution in [0, 0.1) is 0 Å². The zero-order valence-corrected chi connectivity index (χ0v) is 16.4. The van der Waals surface area contributed by atoms with Crippen molar-refractivity contribution in [2.24, 2.45) is 0 Å². The van der Waals surface area contributed by atoms with Crippen LogP contribution in [0.4, 0.5) is 0 Å². The van der Waals surface area contributed by atoms with Crippen LogP contribution in [0.5, 0.6) is 0 Å². The van der Waals surface area contributed by atoms with Gasteiger partial charge < -0.3 is 4.90 Å². The van der Waals surface area contributed by atoms with Crippen LogP contribution >= 0.6 is 11.6 Å². The molecule has 1 N–H and O–H groups in total. The lowest BCUT2D eigenvalue weighted by atomic mass is 10.1. The van der Waals surface area contributed by atoms with Gasteiger partial charge in [0.15, 0.2) is 5.82 Å². The third-order valence-corrected chi connectivity index (χ3v) is 5.67. The van der Waals surface area contributed by atoms with Gasteiger partial charge in [-0.2, -0.15) is 5.10 Å². The summed E-state index contributed by atoms with van der Waals surface area (Å²) in [4.78, 5) is 21.3. The van der Waals surface area contributed by atoms with Crippen molar-refractivity contribution in [1.82, 2.24) is 25.0 Å². The molecule has 28 heavy (non-hydrogen) atoms. The smallest absolute Gasteiger partial charge is 0.253 e. The van der Waals surface area contributed by atoms with Gasteiger partial charge in [0.1, 0.15) is 6.33 Å². The van der Waals surface area contributed by atoms with Crippen molar-refractivity contribution >= 4 is 17.5 Å². The van der Waals surface area contributed by atoms with Crippen molar-refractivity contribution in [2.45, 2.75) is 13.0 Å². The van der Waals surface area contributed by atoms with Crippen molar-refractivity contribution in [2.75, 3.05) is 26.2 Å². The molecular formula is C21H22ClN5O. The SMILES string of the molecule is CC(c1ccccc1Cl)N1CCN(C(=O)c2ccc(-c3ncn[nH]3)cc2)CC1. The van der Waals surface area contributed by atoms with Crippen molar-refractivity contribution in [1.29, 1.82) is 0 Å². The predicted octanol–water partition coefficient (Wildman–Crippen LogP) is 3.64. The highest BCUT2D eigenvalue weighted by molar-refractivity contribution is 6.31. The fraction of sp³-hybridized carbons (Fsp3) is 0.286. The minimum absolute atomic E-state index is 0.0640. The summed E-state index contributed by atoms with van der Waals surface area (Å²) < 4.78 is 0. The molecule has 1 aromatic heterocycles. The van der Waals surface area contributed by atoms with Crippen LogP contribution in [0.15, 0.2) is 54.9 Å². The van der Waals surface area contributed by atoms with Gasteiger partial charge in [0.25, 0.3) is 5.91 Å². The molecule has 1 atom stereocenters. The first-order chi connectivity index (χ1) is 13.6. The Kier molecular flexibility index (Phi) is 5.41. The van der Waals surface area contributed by atoms with Crippen LogP contribution in [0.3, 0.4) is 0 Å². The largest absolute Gasteiger partial charge is 0.336 e. The second kappa shape index (κ2) is 8.12. The Labute approximate surface area is 169 Å². The molecule has 1 amide bonds. The van der Waals surface area contributed by atoms with Gasteiger partial charge in [0, 0.05) is 48.4 Å². The number of carbonyl (C=O) groups is 1. The van der Waals surface area contributed by atoms with Crippen LogP contribution < -0.4 is 0 Å². The monoisotopic (exact) mass is 395 g/mol. The van der Waals surface area contributed by atoms with Gasteiger partial charge >= 0.3 is 0 Å². The third kappa shape index (κ3) is 3.79. The number of nitrogens with one attached hydrogen (secondary N) is 1. The van der Waals surface area contributed by atoms with Gasteiger partial charge in [-0.25, -0.2) is 4.98 Å². The summed E-state index contributed by atoms with van der Waals surface area (Å²) in [5.41, 5.74) is 2.73. The number of hydrogen-bond donors (Lipinski definition) is 1. The third-order valence-electron chi connectivity index (χ3n) is 5.32. The molecule has 0 aliphatic carbocycles. The van der Waals surface area contributed by atoms with Crippen molar-refractivity contribution in [3.8, 4) is 11.4 Å². The van der Waals surface area contributed by atoms with Crippen LogP contribution in [0.2, 0.25) is 5.02 Å². The number of aromatic nitrogens is 3. The molecule has 1 aliphatic rings. The molecule has 0 spiro atoms. The summed E-state index contributed by atoms with van der Waals surface area (Å²) in [6, 6.07) is 15.7. The van der Waals surface area contributed by atoms with Gasteiger partial charge in [0.05, 0.1) is 0 Å². The van der Waals surface area contributed by atoms with Gasteiger partial charge in [-0.3, -0.25) is 14.8 Å². The number of benzene rings is 2. The van der Waals surface area contributed by atoms with E-state index in [4.69, 9.17) is 11.6 Å². The van der Waals surface area contributed by atoms with Gasteiger partial charge in [-0.1, -0.05) is 41.9 Å². The maximum Gasteiger partial charge on any atom is 0.253 e. The zero-order valence-electron chi connectivity index (χ0n) is 15.7. The second-order valence-corrected chi connectivity index (χ2v) is 7.34. The first kappa shape index (κ1) is 18.7. The van der Waals surface area contributed by atoms with Gasteiger partial charge in [-0.05, 0) is 30.7 Å². The first-order valence-electron chi connectivity index (χ1n) is 9.37. The van der Waals surface area contributed by atoms with Crippen LogP contribution in [-0.2, 0) is 0 Å². The Morgan fingerprint density at radius 2 is 1.79 bits per heavy atom. The molecule has 2 aromatic carbocycles. The Balaban J connectivity index is 1.38. The second-order valence-electron chi connectivity index (χ2n) is 6.94. The molecule has 4 rings (SSSR count). The Hall–Kier alpha value is -2.70. The summed E-state index contributed by atoms with van der Waals surface area (Å²) in [5, 5.41) is 7.47. The van der Waals surface area contributed by atoms with E-state index in [-0.39, 0.29) is 11.9 Å². The lowest BCUT2D eigenvalue weighted by Gasteiger charge is -2.38. The van der Waals surface area contributed by atoms with E-state index < -0.39 is 0 Å². The van der Waals surface area contributed by atoms with Crippen molar-refractivity contribution in [3.63, 3.8) is 0 Å². The summed E-state index contributed by atoms with van der Waals surface area (Å²) >= 11 is 6.35. The van der Waals surface area contributed by atoms with E-state index in [1.165, 1.54) is 6.33 Å². The number of hydrogen-bond acceptors (Lipinski definition) is 4. The molecule has 0 bridgehead atoms. The number of piperazine rings is 1. The topological polar surface area (TPSA) is 65.1 Å². The number of H-pyrrole nitrogens is 1. The Bertz CT molecular complexity index is 934. The van der Waals surface area contributed by atoms with Crippen LogP contribution in [0.1, 0.15) is 28.9 Å². The van der Waals surface area contributed by atoms with Crippen LogP contribution in [0.25, 0.3) is 11.4 Å². The molecule has 3 aromatic rings. The Morgan fingerprint density at radius 3 is 2.43 bits per heavy atom. The van der Waals surface area contributed by atoms with Gasteiger partial charge in [0.2, 0.25) is 0 Å². The van der Waals surface area contributed by atoms with E-state index in [1.807, 2.05) is 47.4 Å². The number of rotatable bonds is 4. The molecule has 1 aliphatic heterocycles. The minimum atomic E-state index is 0.0640. The first-order valence-corrected chi connectivity index (χ1v) is 9.75. The molecule has 2 heterocycles. The van der Waals surface area contributed by atoms with E-state index in [9.17, 15) is 4.79 Å². The standard InChI is InChI=1S/C21H22ClN5O/c1-15(18-4-2-3-5-19(18)22)26-10-12-27(13-11-26)21(28)17-8-6-16(7-9-17)20-23-14-24-25-20/h2-9,14-15H,10-13H2,1H3,(H,23,24,25). The summed E-state index contributed by atoms with van der Waals surface area (Å²) in [6.45, 7) is 5.23. The van der Waals surface area contributed by atoms with E-state index >= 15 is 0 Å². The fourth-order valence-corrected chi connectivity index (χ4v) is 3.91. The number of halogens is 1. The molecule has 7 heteroatoms. The fourth-order valence-electron chi connectivity index (χ4n) is 3.62. The number of nitrogens with zero attached hydrogens (tertiary/aromatic N) is 4. The summed E-state index contributed by atoms with van der Waals surface area (Å²) in [7, 11) is 0. The minimum Gasteiger partial charge on any atom is -0.336 e. The molecule has 1 saturated heterocycles. The summed E-state index contributed by atoms with van der Waals surface area (Å²) in [5.74, 6) is 0.760. The average molecular weight is 396 g/mol. The van der Waals surface area contributed by atoms with E-state index in [0.29, 0.717) is 24.5 Å². The maximum atomic E-state index is 12.8. The van der Waals surface area contributed by atoms with E-state index in [2.05, 4.69) is 33.1 Å². The molecule has 6 nitrogen and oxygen atoms in total. The summed E-state index contributed by atoms with van der Waals surface area (Å²) in [6.07, 6.45) is 1.47. The quantitative estimate of drug-likeness (QED) is 0.732. The lowest BCUT2D eigenvalue weighted by molar-refractivity contribution is 0.0582. The molecule has 1 unspecified atom stereocenters. The molecular weight excluding hydrogens is 374 g/mol. The Morgan fingerprint density at radius 1 is 1.07 bits per heavy atom. The highest BCUT2D eigenvalue weighted by Gasteiger charge is 2.26. The highest BCUT2D eigenvalue weighted by atomic mass is 35.5. The lowest BCUT2D eigenvalue weighted by Crippen LogP contribution is -2.49. The van der Waals surface area contributed by atoms with Crippen molar-refractivity contribution < 1.29 is 4.79 Å². The van der Waals surface area contributed by atoms with Crippen LogP contribution in [-0.4, -0.2) is 57.1 Å². The predicted molar refractivity (Wildman–Crippen MR) is 109 cm³/mol. The maximum absolute atomic E-state index is 12.8. The normalized spacial score (nSPS) is 16.1. The van der Waals surface area contributed by atoms with Gasteiger partial charge in [-0.15, -0.1) is 0 Å².